The van der Waals surface area contributed by atoms with E-state index in [1.165, 1.54) is 11.1 Å². The first-order valence-corrected chi connectivity index (χ1v) is 10.7. The second-order valence-corrected chi connectivity index (χ2v) is 8.12. The third-order valence-corrected chi connectivity index (χ3v) is 6.01. The number of aryl methyl sites for hydroxylation is 2. The van der Waals surface area contributed by atoms with Crippen molar-refractivity contribution in [1.82, 2.24) is 15.1 Å². The number of carbonyl (C=O) groups is 1. The van der Waals surface area contributed by atoms with Gasteiger partial charge < -0.3 is 5.32 Å². The minimum absolute atomic E-state index is 0.0790. The lowest BCUT2D eigenvalue weighted by molar-refractivity contribution is 0.0934. The fourth-order valence-electron chi connectivity index (χ4n) is 4.53. The molecule has 0 bridgehead atoms. The van der Waals surface area contributed by atoms with E-state index < -0.39 is 0 Å². The van der Waals surface area contributed by atoms with Crippen LogP contribution in [-0.2, 0) is 6.54 Å². The van der Waals surface area contributed by atoms with Crippen molar-refractivity contribution in [3.8, 4) is 6.07 Å². The van der Waals surface area contributed by atoms with Gasteiger partial charge in [0.2, 0.25) is 0 Å². The summed E-state index contributed by atoms with van der Waals surface area (Å²) >= 11 is 0. The molecule has 2 aromatic rings. The monoisotopic (exact) mass is 388 g/mol. The molecule has 0 saturated carbocycles. The summed E-state index contributed by atoms with van der Waals surface area (Å²) in [6.45, 7) is 2.76. The van der Waals surface area contributed by atoms with Crippen molar-refractivity contribution in [1.29, 1.82) is 5.26 Å². The maximum atomic E-state index is 13.2. The van der Waals surface area contributed by atoms with E-state index in [1.807, 2.05) is 17.7 Å². The number of nitriles is 1. The number of amides is 1. The molecule has 0 aliphatic heterocycles. The van der Waals surface area contributed by atoms with Crippen LogP contribution >= 0.6 is 0 Å². The Kier molecular flexibility index (Phi) is 5.80. The smallest absolute Gasteiger partial charge is 0.272 e. The van der Waals surface area contributed by atoms with E-state index in [9.17, 15) is 4.79 Å². The highest BCUT2D eigenvalue weighted by atomic mass is 16.2. The zero-order chi connectivity index (χ0) is 20.2. The van der Waals surface area contributed by atoms with Crippen molar-refractivity contribution in [2.45, 2.75) is 70.9 Å². The fraction of sp³-hybridized carbons (Fsp3) is 0.458. The van der Waals surface area contributed by atoms with Crippen molar-refractivity contribution in [2.24, 2.45) is 0 Å². The molecule has 1 N–H and O–H groups in total. The predicted molar refractivity (Wildman–Crippen MR) is 114 cm³/mol. The molecule has 1 heterocycles. The summed E-state index contributed by atoms with van der Waals surface area (Å²) in [6.07, 6.45) is 12.1. The van der Waals surface area contributed by atoms with Crippen LogP contribution in [0.3, 0.4) is 0 Å². The Morgan fingerprint density at radius 3 is 3.10 bits per heavy atom. The van der Waals surface area contributed by atoms with Gasteiger partial charge in [-0.1, -0.05) is 23.8 Å². The number of hydrogen-bond acceptors (Lipinski definition) is 3. The second kappa shape index (κ2) is 8.65. The average molecular weight is 389 g/mol. The third kappa shape index (κ3) is 4.12. The number of aromatic nitrogens is 2. The number of unbranched alkanes of at least 4 members (excludes halogenated alkanes) is 2. The largest absolute Gasteiger partial charge is 0.344 e. The molecular formula is C24H28N4O. The van der Waals surface area contributed by atoms with Crippen LogP contribution in [0.2, 0.25) is 0 Å². The zero-order valence-electron chi connectivity index (χ0n) is 17.1. The summed E-state index contributed by atoms with van der Waals surface area (Å²) in [5, 5.41) is 17.6. The Balaban J connectivity index is 1.59. The number of rotatable bonds is 6. The topological polar surface area (TPSA) is 70.7 Å². The summed E-state index contributed by atoms with van der Waals surface area (Å²) in [7, 11) is 0. The van der Waals surface area contributed by atoms with Gasteiger partial charge in [0.05, 0.1) is 17.6 Å². The van der Waals surface area contributed by atoms with Gasteiger partial charge in [0.25, 0.3) is 5.91 Å². The standard InChI is InChI=1S/C24H28N4O/c1-17-12-13-22-20(16-17)23(27-28(22)15-6-2-5-14-25)24(29)26-21-11-7-9-18-8-3-4-10-19(18)21/h3,8,12-13,16,21H,2,4-7,9-11,15H2,1H3,(H,26,29). The molecule has 0 spiro atoms. The van der Waals surface area contributed by atoms with Crippen LogP contribution in [0.25, 0.3) is 10.9 Å². The molecular weight excluding hydrogens is 360 g/mol. The molecule has 1 aromatic heterocycles. The van der Waals surface area contributed by atoms with Gasteiger partial charge in [0, 0.05) is 18.4 Å². The maximum Gasteiger partial charge on any atom is 0.272 e. The van der Waals surface area contributed by atoms with Gasteiger partial charge in [0.1, 0.15) is 0 Å². The number of allylic oxidation sites excluding steroid dienone is 3. The van der Waals surface area contributed by atoms with Crippen LogP contribution in [0.5, 0.6) is 0 Å². The first-order chi connectivity index (χ1) is 14.2. The lowest BCUT2D eigenvalue weighted by Crippen LogP contribution is -2.38. The van der Waals surface area contributed by atoms with E-state index in [0.717, 1.165) is 68.0 Å². The molecule has 1 amide bonds. The van der Waals surface area contributed by atoms with E-state index in [4.69, 9.17) is 5.26 Å². The Morgan fingerprint density at radius 2 is 2.24 bits per heavy atom. The molecule has 2 aliphatic carbocycles. The minimum Gasteiger partial charge on any atom is -0.344 e. The van der Waals surface area contributed by atoms with Gasteiger partial charge in [-0.25, -0.2) is 0 Å². The van der Waals surface area contributed by atoms with Gasteiger partial charge in [-0.15, -0.1) is 0 Å². The molecule has 0 saturated heterocycles. The molecule has 1 aromatic carbocycles. The highest BCUT2D eigenvalue weighted by Crippen LogP contribution is 2.32. The minimum atomic E-state index is -0.0790. The Hall–Kier alpha value is -2.87. The number of fused-ring (bicyclic) bond motifs is 1. The summed E-state index contributed by atoms with van der Waals surface area (Å²) in [5.74, 6) is -0.0790. The molecule has 5 heteroatoms. The molecule has 0 radical (unpaired) electrons. The maximum absolute atomic E-state index is 13.2. The van der Waals surface area contributed by atoms with Gasteiger partial charge >= 0.3 is 0 Å². The second-order valence-electron chi connectivity index (χ2n) is 8.12. The van der Waals surface area contributed by atoms with Crippen molar-refractivity contribution in [3.63, 3.8) is 0 Å². The highest BCUT2D eigenvalue weighted by Gasteiger charge is 2.26. The molecule has 29 heavy (non-hydrogen) atoms. The number of benzene rings is 1. The number of hydrogen-bond donors (Lipinski definition) is 1. The lowest BCUT2D eigenvalue weighted by Gasteiger charge is -2.30. The van der Waals surface area contributed by atoms with Gasteiger partial charge in [-0.05, 0) is 75.1 Å². The Labute approximate surface area is 172 Å². The highest BCUT2D eigenvalue weighted by molar-refractivity contribution is 6.05. The van der Waals surface area contributed by atoms with Crippen molar-refractivity contribution < 1.29 is 4.79 Å². The van der Waals surface area contributed by atoms with Crippen molar-refractivity contribution in [3.05, 3.63) is 52.8 Å². The Morgan fingerprint density at radius 1 is 1.34 bits per heavy atom. The summed E-state index contributed by atoms with van der Waals surface area (Å²) in [6, 6.07) is 8.47. The van der Waals surface area contributed by atoms with Crippen LogP contribution in [0, 0.1) is 18.3 Å². The first kappa shape index (κ1) is 19.4. The average Bonchev–Trinajstić information content (AvgIpc) is 3.09. The van der Waals surface area contributed by atoms with E-state index >= 15 is 0 Å². The van der Waals surface area contributed by atoms with Crippen LogP contribution in [0.1, 0.15) is 67.4 Å². The molecule has 4 rings (SSSR count). The van der Waals surface area contributed by atoms with Gasteiger partial charge in [-0.3, -0.25) is 9.48 Å². The first-order valence-electron chi connectivity index (χ1n) is 10.7. The molecule has 2 aliphatic rings. The summed E-state index contributed by atoms with van der Waals surface area (Å²) in [4.78, 5) is 13.2. The van der Waals surface area contributed by atoms with Crippen molar-refractivity contribution >= 4 is 16.8 Å². The third-order valence-electron chi connectivity index (χ3n) is 6.01. The molecule has 1 atom stereocenters. The van der Waals surface area contributed by atoms with Crippen molar-refractivity contribution in [2.75, 3.05) is 0 Å². The predicted octanol–water partition coefficient (Wildman–Crippen LogP) is 4.97. The fourth-order valence-corrected chi connectivity index (χ4v) is 4.53. The van der Waals surface area contributed by atoms with Crippen LogP contribution in [0.15, 0.2) is 41.5 Å². The summed E-state index contributed by atoms with van der Waals surface area (Å²) in [5.41, 5.74) is 5.45. The zero-order valence-corrected chi connectivity index (χ0v) is 17.1. The SMILES string of the molecule is Cc1ccc2c(c1)c(C(=O)NC1CCCC3=C1CCC=C3)nn2CCCCC#N. The van der Waals surface area contributed by atoms with Crippen LogP contribution in [-0.4, -0.2) is 21.7 Å². The normalized spacial score (nSPS) is 18.6. The Bertz CT molecular complexity index is 1020. The van der Waals surface area contributed by atoms with Gasteiger partial charge in [-0.2, -0.15) is 10.4 Å². The van der Waals surface area contributed by atoms with Gasteiger partial charge in [0.15, 0.2) is 5.69 Å². The van der Waals surface area contributed by atoms with E-state index in [1.54, 1.807) is 0 Å². The van der Waals surface area contributed by atoms with E-state index in [0.29, 0.717) is 12.1 Å². The quantitative estimate of drug-likeness (QED) is 0.711. The molecule has 150 valence electrons. The number of carbonyl (C=O) groups excluding carboxylic acids is 1. The molecule has 5 nitrogen and oxygen atoms in total. The lowest BCUT2D eigenvalue weighted by atomic mass is 9.82. The molecule has 1 unspecified atom stereocenters. The number of nitrogens with zero attached hydrogens (tertiary/aromatic N) is 3. The number of nitrogens with one attached hydrogen (secondary N) is 1. The van der Waals surface area contributed by atoms with Crippen LogP contribution in [0.4, 0.5) is 0 Å². The van der Waals surface area contributed by atoms with Crippen LogP contribution < -0.4 is 5.32 Å². The molecule has 0 fully saturated rings. The van der Waals surface area contributed by atoms with E-state index in [-0.39, 0.29) is 11.9 Å². The van der Waals surface area contributed by atoms with E-state index in [2.05, 4.69) is 40.8 Å². The summed E-state index contributed by atoms with van der Waals surface area (Å²) < 4.78 is 1.93.